The van der Waals surface area contributed by atoms with E-state index in [2.05, 4.69) is 5.92 Å². The van der Waals surface area contributed by atoms with Crippen LogP contribution in [0.5, 0.6) is 0 Å². The third-order valence-corrected chi connectivity index (χ3v) is 3.38. The smallest absolute Gasteiger partial charge is 0.336 e. The highest BCUT2D eigenvalue weighted by atomic mass is 16.4. The number of rotatable bonds is 4. The molecule has 2 N–H and O–H groups in total. The minimum Gasteiger partial charge on any atom is -0.478 e. The summed E-state index contributed by atoms with van der Waals surface area (Å²) in [6, 6.07) is 12.6. The molecule has 5 nitrogen and oxygen atoms in total. The highest BCUT2D eigenvalue weighted by molar-refractivity contribution is 5.97. The number of nitrogens with zero attached hydrogens (tertiary/aromatic N) is 1. The van der Waals surface area contributed by atoms with Crippen LogP contribution >= 0.6 is 0 Å². The Labute approximate surface area is 147 Å². The molecule has 2 rings (SSSR count). The number of terminal acetylenes is 1. The van der Waals surface area contributed by atoms with Gasteiger partial charge in [0.1, 0.15) is 0 Å². The minimum absolute atomic E-state index is 0.0432. The van der Waals surface area contributed by atoms with Gasteiger partial charge in [0.2, 0.25) is 0 Å². The van der Waals surface area contributed by atoms with E-state index in [-0.39, 0.29) is 17.7 Å². The molecule has 0 saturated carbocycles. The van der Waals surface area contributed by atoms with E-state index >= 15 is 0 Å². The molecule has 130 valence electrons. The molecule has 0 heterocycles. The van der Waals surface area contributed by atoms with E-state index in [0.717, 1.165) is 5.56 Å². The Kier molecular flexibility index (Phi) is 7.39. The first kappa shape index (κ1) is 19.9. The van der Waals surface area contributed by atoms with Gasteiger partial charge in [-0.1, -0.05) is 30.2 Å². The van der Waals surface area contributed by atoms with Crippen molar-refractivity contribution in [2.45, 2.75) is 13.5 Å². The van der Waals surface area contributed by atoms with E-state index in [1.807, 2.05) is 30.3 Å². The fourth-order valence-corrected chi connectivity index (χ4v) is 2.28. The van der Waals surface area contributed by atoms with Crippen molar-refractivity contribution in [3.05, 3.63) is 70.3 Å². The average molecular weight is 339 g/mol. The van der Waals surface area contributed by atoms with Gasteiger partial charge in [0.15, 0.2) is 0 Å². The first-order valence-corrected chi connectivity index (χ1v) is 7.53. The molecule has 25 heavy (non-hydrogen) atoms. The topological polar surface area (TPSA) is 77.8 Å². The lowest BCUT2D eigenvalue weighted by Crippen LogP contribution is -2.19. The van der Waals surface area contributed by atoms with Crippen LogP contribution in [0.2, 0.25) is 0 Å². The molecule has 0 aliphatic rings. The zero-order valence-electron chi connectivity index (χ0n) is 14.5. The van der Waals surface area contributed by atoms with Crippen LogP contribution < -0.4 is 0 Å². The Morgan fingerprint density at radius 1 is 1.04 bits per heavy atom. The summed E-state index contributed by atoms with van der Waals surface area (Å²) in [4.78, 5) is 24.0. The molecule has 0 atom stereocenters. The second kappa shape index (κ2) is 9.26. The van der Waals surface area contributed by atoms with Crippen molar-refractivity contribution in [1.29, 1.82) is 0 Å². The Morgan fingerprint density at radius 3 is 2.04 bits per heavy atom. The Balaban J connectivity index is 0.000000324. The molecular formula is C20H21NO4. The van der Waals surface area contributed by atoms with Crippen LogP contribution in [0.15, 0.2) is 42.5 Å². The third kappa shape index (κ3) is 5.79. The van der Waals surface area contributed by atoms with Crippen molar-refractivity contribution in [2.24, 2.45) is 0 Å². The molecule has 0 aliphatic carbocycles. The van der Waals surface area contributed by atoms with E-state index in [4.69, 9.17) is 16.6 Å². The van der Waals surface area contributed by atoms with Crippen LogP contribution in [-0.2, 0) is 6.54 Å². The van der Waals surface area contributed by atoms with Crippen LogP contribution in [0.1, 0.15) is 37.4 Å². The Morgan fingerprint density at radius 2 is 1.64 bits per heavy atom. The largest absolute Gasteiger partial charge is 0.478 e. The van der Waals surface area contributed by atoms with Gasteiger partial charge in [-0.05, 0) is 50.3 Å². The van der Waals surface area contributed by atoms with Crippen molar-refractivity contribution >= 4 is 11.9 Å². The van der Waals surface area contributed by atoms with E-state index in [9.17, 15) is 9.59 Å². The van der Waals surface area contributed by atoms with Gasteiger partial charge in [-0.25, -0.2) is 9.59 Å². The van der Waals surface area contributed by atoms with Gasteiger partial charge in [-0.15, -0.1) is 6.42 Å². The number of aromatic carboxylic acids is 2. The number of benzene rings is 2. The van der Waals surface area contributed by atoms with Gasteiger partial charge < -0.3 is 15.1 Å². The van der Waals surface area contributed by atoms with Crippen molar-refractivity contribution in [3.8, 4) is 12.3 Å². The van der Waals surface area contributed by atoms with Crippen LogP contribution in [0.3, 0.4) is 0 Å². The first-order valence-electron chi connectivity index (χ1n) is 7.53. The normalized spacial score (nSPS) is 9.72. The van der Waals surface area contributed by atoms with Crippen molar-refractivity contribution in [3.63, 3.8) is 0 Å². The molecule has 0 fully saturated rings. The molecule has 2 aromatic rings. The molecule has 5 heteroatoms. The SMILES string of the molecule is C#Cc1ccccc1.Cc1ccc(C(=O)O)c(CN(C)C)c1C(=O)O. The second-order valence-electron chi connectivity index (χ2n) is 5.64. The van der Waals surface area contributed by atoms with Gasteiger partial charge in [0, 0.05) is 12.1 Å². The summed E-state index contributed by atoms with van der Waals surface area (Å²) in [5.41, 5.74) is 1.97. The van der Waals surface area contributed by atoms with E-state index in [1.165, 1.54) is 12.1 Å². The molecule has 0 amide bonds. The highest BCUT2D eigenvalue weighted by Crippen LogP contribution is 2.20. The molecule has 0 radical (unpaired) electrons. The number of aryl methyl sites for hydroxylation is 1. The number of hydrogen-bond acceptors (Lipinski definition) is 3. The Bertz CT molecular complexity index is 789. The van der Waals surface area contributed by atoms with Crippen LogP contribution in [0.4, 0.5) is 0 Å². The second-order valence-corrected chi connectivity index (χ2v) is 5.64. The predicted octanol–water partition coefficient (Wildman–Crippen LogP) is 3.12. The van der Waals surface area contributed by atoms with E-state index < -0.39 is 11.9 Å². The number of carboxylic acid groups (broad SMARTS) is 2. The zero-order valence-corrected chi connectivity index (χ0v) is 14.5. The van der Waals surface area contributed by atoms with Gasteiger partial charge in [-0.3, -0.25) is 0 Å². The summed E-state index contributed by atoms with van der Waals surface area (Å²) < 4.78 is 0. The fraction of sp³-hybridized carbons (Fsp3) is 0.200. The standard InChI is InChI=1S/C12H15NO4.C8H6/c1-7-4-5-8(11(14)15)9(6-13(2)3)10(7)12(16)17;1-2-8-6-4-3-5-7-8/h4-5H,6H2,1-3H3,(H,14,15)(H,16,17);1,3-7H. The summed E-state index contributed by atoms with van der Waals surface area (Å²) in [5.74, 6) is 0.325. The first-order chi connectivity index (χ1) is 11.8. The molecule has 0 aliphatic heterocycles. The van der Waals surface area contributed by atoms with Gasteiger partial charge >= 0.3 is 11.9 Å². The van der Waals surface area contributed by atoms with Crippen molar-refractivity contribution in [2.75, 3.05) is 14.1 Å². The summed E-state index contributed by atoms with van der Waals surface area (Å²) in [7, 11) is 3.53. The van der Waals surface area contributed by atoms with Gasteiger partial charge in [0.25, 0.3) is 0 Å². The number of carbonyl (C=O) groups is 2. The number of hydrogen-bond donors (Lipinski definition) is 2. The van der Waals surface area contributed by atoms with Crippen LogP contribution in [0.25, 0.3) is 0 Å². The van der Waals surface area contributed by atoms with Gasteiger partial charge in [0.05, 0.1) is 11.1 Å². The average Bonchev–Trinajstić information content (AvgIpc) is 2.55. The van der Waals surface area contributed by atoms with Gasteiger partial charge in [-0.2, -0.15) is 0 Å². The maximum absolute atomic E-state index is 11.2. The molecule has 0 unspecified atom stereocenters. The fourth-order valence-electron chi connectivity index (χ4n) is 2.28. The number of carboxylic acids is 2. The molecular weight excluding hydrogens is 318 g/mol. The predicted molar refractivity (Wildman–Crippen MR) is 96.9 cm³/mol. The van der Waals surface area contributed by atoms with E-state index in [1.54, 1.807) is 25.9 Å². The maximum Gasteiger partial charge on any atom is 0.336 e. The molecule has 0 spiro atoms. The van der Waals surface area contributed by atoms with Crippen molar-refractivity contribution < 1.29 is 19.8 Å². The third-order valence-electron chi connectivity index (χ3n) is 3.38. The Hall–Kier alpha value is -3.10. The summed E-state index contributed by atoms with van der Waals surface area (Å²) in [6.07, 6.45) is 5.10. The highest BCUT2D eigenvalue weighted by Gasteiger charge is 2.20. The van der Waals surface area contributed by atoms with Crippen LogP contribution in [-0.4, -0.2) is 41.1 Å². The lowest BCUT2D eigenvalue weighted by Gasteiger charge is -2.16. The van der Waals surface area contributed by atoms with E-state index in [0.29, 0.717) is 11.1 Å². The van der Waals surface area contributed by atoms with Crippen molar-refractivity contribution in [1.82, 2.24) is 4.90 Å². The lowest BCUT2D eigenvalue weighted by molar-refractivity contribution is 0.0693. The summed E-state index contributed by atoms with van der Waals surface area (Å²) >= 11 is 0. The van der Waals surface area contributed by atoms with Crippen LogP contribution in [0, 0.1) is 19.3 Å². The molecule has 2 aromatic carbocycles. The molecule has 0 bridgehead atoms. The quantitative estimate of drug-likeness (QED) is 0.837. The summed E-state index contributed by atoms with van der Waals surface area (Å²) in [6.45, 7) is 1.94. The maximum atomic E-state index is 11.2. The zero-order chi connectivity index (χ0) is 19.0. The molecule has 0 aromatic heterocycles. The summed E-state index contributed by atoms with van der Waals surface area (Å²) in [5, 5.41) is 18.2. The lowest BCUT2D eigenvalue weighted by atomic mass is 9.96. The molecule has 0 saturated heterocycles. The minimum atomic E-state index is -1.11. The monoisotopic (exact) mass is 339 g/mol.